The molecule has 2 aliphatic rings. The van der Waals surface area contributed by atoms with Gasteiger partial charge in [-0.2, -0.15) is 5.10 Å². The van der Waals surface area contributed by atoms with E-state index in [1.165, 1.54) is 21.5 Å². The molecule has 1 aliphatic heterocycles. The van der Waals surface area contributed by atoms with Crippen LogP contribution in [0.4, 0.5) is 5.69 Å². The highest BCUT2D eigenvalue weighted by Gasteiger charge is 2.28. The van der Waals surface area contributed by atoms with Gasteiger partial charge in [-0.15, -0.1) is 0 Å². The number of amides is 1. The first-order valence-electron chi connectivity index (χ1n) is 10.2. The van der Waals surface area contributed by atoms with Crippen LogP contribution in [0.5, 0.6) is 0 Å². The number of hydrogen-bond acceptors (Lipinski definition) is 4. The summed E-state index contributed by atoms with van der Waals surface area (Å²) in [5, 5.41) is 4.50. The average molecular weight is 380 g/mol. The lowest BCUT2D eigenvalue weighted by Gasteiger charge is -2.38. The van der Waals surface area contributed by atoms with E-state index in [0.29, 0.717) is 13.1 Å². The molecule has 1 saturated heterocycles. The van der Waals surface area contributed by atoms with Gasteiger partial charge in [-0.25, -0.2) is 4.68 Å². The third kappa shape index (κ3) is 3.43. The van der Waals surface area contributed by atoms with Gasteiger partial charge in [-0.1, -0.05) is 12.1 Å². The molecule has 0 saturated carbocycles. The lowest BCUT2D eigenvalue weighted by Crippen LogP contribution is -2.51. The lowest BCUT2D eigenvalue weighted by atomic mass is 10.1. The van der Waals surface area contributed by atoms with Crippen LogP contribution in [-0.2, 0) is 17.6 Å². The van der Waals surface area contributed by atoms with Gasteiger partial charge < -0.3 is 9.80 Å². The lowest BCUT2D eigenvalue weighted by molar-refractivity contribution is -0.135. The maximum atomic E-state index is 13.0. The second-order valence-electron chi connectivity index (χ2n) is 8.03. The van der Waals surface area contributed by atoms with Crippen LogP contribution in [0.3, 0.4) is 0 Å². The van der Waals surface area contributed by atoms with Crippen molar-refractivity contribution in [3.63, 3.8) is 0 Å². The van der Waals surface area contributed by atoms with Crippen molar-refractivity contribution in [3.8, 4) is 0 Å². The van der Waals surface area contributed by atoms with Crippen LogP contribution in [0.15, 0.2) is 29.1 Å². The minimum atomic E-state index is -0.564. The minimum absolute atomic E-state index is 0.0202. The Morgan fingerprint density at radius 2 is 1.82 bits per heavy atom. The highest BCUT2D eigenvalue weighted by Crippen LogP contribution is 2.24. The number of hydrogen-bond donors (Lipinski definition) is 0. The molecule has 0 bridgehead atoms. The summed E-state index contributed by atoms with van der Waals surface area (Å²) < 4.78 is 1.38. The predicted octanol–water partition coefficient (Wildman–Crippen LogP) is 2.26. The summed E-state index contributed by atoms with van der Waals surface area (Å²) in [5.74, 6) is -0.0202. The molecule has 2 heterocycles. The molecule has 1 amide bonds. The molecule has 148 valence electrons. The molecule has 1 atom stereocenters. The smallest absolute Gasteiger partial charge is 0.267 e. The van der Waals surface area contributed by atoms with Crippen LogP contribution in [0, 0.1) is 13.8 Å². The second-order valence-corrected chi connectivity index (χ2v) is 8.03. The Bertz CT molecular complexity index is 957. The molecule has 1 aromatic carbocycles. The molecule has 6 nitrogen and oxygen atoms in total. The predicted molar refractivity (Wildman–Crippen MR) is 110 cm³/mol. The minimum Gasteiger partial charge on any atom is -0.368 e. The molecule has 6 heteroatoms. The summed E-state index contributed by atoms with van der Waals surface area (Å²) >= 11 is 0. The molecular formula is C22H28N4O2. The summed E-state index contributed by atoms with van der Waals surface area (Å²) in [6, 6.07) is 7.59. The van der Waals surface area contributed by atoms with Crippen molar-refractivity contribution in [1.82, 2.24) is 14.7 Å². The van der Waals surface area contributed by atoms with Crippen LogP contribution in [0.1, 0.15) is 41.8 Å². The van der Waals surface area contributed by atoms with Crippen LogP contribution < -0.4 is 10.5 Å². The second kappa shape index (κ2) is 7.41. The fourth-order valence-electron chi connectivity index (χ4n) is 4.29. The molecule has 0 N–H and O–H groups in total. The van der Waals surface area contributed by atoms with E-state index in [0.717, 1.165) is 43.6 Å². The summed E-state index contributed by atoms with van der Waals surface area (Å²) in [4.78, 5) is 29.7. The average Bonchev–Trinajstić information content (AvgIpc) is 3.15. The van der Waals surface area contributed by atoms with Gasteiger partial charge in [0.2, 0.25) is 5.91 Å². The van der Waals surface area contributed by atoms with E-state index in [1.807, 2.05) is 4.90 Å². The zero-order chi connectivity index (χ0) is 19.8. The molecule has 2 aromatic rings. The van der Waals surface area contributed by atoms with Gasteiger partial charge in [-0.3, -0.25) is 9.59 Å². The molecule has 1 fully saturated rings. The Kier molecular flexibility index (Phi) is 4.96. The van der Waals surface area contributed by atoms with Crippen molar-refractivity contribution in [2.24, 2.45) is 0 Å². The van der Waals surface area contributed by atoms with Crippen molar-refractivity contribution >= 4 is 11.6 Å². The zero-order valence-corrected chi connectivity index (χ0v) is 16.9. The fraction of sp³-hybridized carbons (Fsp3) is 0.500. The summed E-state index contributed by atoms with van der Waals surface area (Å²) in [6.45, 7) is 8.94. The van der Waals surface area contributed by atoms with Gasteiger partial charge >= 0.3 is 0 Å². The largest absolute Gasteiger partial charge is 0.368 e. The first kappa shape index (κ1) is 18.7. The first-order valence-corrected chi connectivity index (χ1v) is 10.2. The van der Waals surface area contributed by atoms with E-state index in [2.05, 4.69) is 42.0 Å². The summed E-state index contributed by atoms with van der Waals surface area (Å²) in [7, 11) is 0. The molecule has 1 unspecified atom stereocenters. The number of nitrogens with zero attached hydrogens (tertiary/aromatic N) is 4. The van der Waals surface area contributed by atoms with E-state index in [-0.39, 0.29) is 11.5 Å². The highest BCUT2D eigenvalue weighted by molar-refractivity contribution is 5.80. The van der Waals surface area contributed by atoms with E-state index in [4.69, 9.17) is 0 Å². The number of benzene rings is 1. The first-order chi connectivity index (χ1) is 13.4. The summed E-state index contributed by atoms with van der Waals surface area (Å²) in [6.07, 6.45) is 2.85. The van der Waals surface area contributed by atoms with Crippen molar-refractivity contribution in [2.75, 3.05) is 31.1 Å². The Morgan fingerprint density at radius 3 is 2.57 bits per heavy atom. The Morgan fingerprint density at radius 1 is 1.07 bits per heavy atom. The Balaban J connectivity index is 1.45. The van der Waals surface area contributed by atoms with Gasteiger partial charge in [-0.05, 0) is 62.8 Å². The number of fused-ring (bicyclic) bond motifs is 1. The topological polar surface area (TPSA) is 58.4 Å². The van der Waals surface area contributed by atoms with E-state index < -0.39 is 6.04 Å². The molecular weight excluding hydrogens is 352 g/mol. The zero-order valence-electron chi connectivity index (χ0n) is 16.9. The number of anilines is 1. The SMILES string of the molecule is Cc1ccc(C)c(N2CCN(C(=O)C(C)n3nc4c(cc3=O)CCC4)CC2)c1. The van der Waals surface area contributed by atoms with Gasteiger partial charge in [0.1, 0.15) is 6.04 Å². The highest BCUT2D eigenvalue weighted by atomic mass is 16.2. The van der Waals surface area contributed by atoms with Crippen molar-refractivity contribution in [1.29, 1.82) is 0 Å². The standard InChI is InChI=1S/C22H28N4O2/c1-15-7-8-16(2)20(13-15)24-9-11-25(12-10-24)22(28)17(3)26-21(27)14-18-5-4-6-19(18)23-26/h7-8,13-14,17H,4-6,9-12H2,1-3H3. The maximum Gasteiger partial charge on any atom is 0.267 e. The number of carbonyl (C=O) groups excluding carboxylic acids is 1. The summed E-state index contributed by atoms with van der Waals surface area (Å²) in [5.41, 5.74) is 5.59. The van der Waals surface area contributed by atoms with Gasteiger partial charge in [0.25, 0.3) is 5.56 Å². The van der Waals surface area contributed by atoms with Crippen molar-refractivity contribution in [3.05, 3.63) is 57.0 Å². The maximum absolute atomic E-state index is 13.0. The van der Waals surface area contributed by atoms with Gasteiger partial charge in [0.05, 0.1) is 5.69 Å². The van der Waals surface area contributed by atoms with Crippen molar-refractivity contribution < 1.29 is 4.79 Å². The molecule has 0 radical (unpaired) electrons. The van der Waals surface area contributed by atoms with Crippen LogP contribution in [-0.4, -0.2) is 46.8 Å². The number of aryl methyl sites for hydroxylation is 4. The van der Waals surface area contributed by atoms with Crippen molar-refractivity contribution in [2.45, 2.75) is 46.1 Å². The molecule has 28 heavy (non-hydrogen) atoms. The van der Waals surface area contributed by atoms with Crippen LogP contribution in [0.25, 0.3) is 0 Å². The third-order valence-electron chi connectivity index (χ3n) is 6.00. The van der Waals surface area contributed by atoms with Crippen LogP contribution in [0.2, 0.25) is 0 Å². The number of carbonyl (C=O) groups is 1. The van der Waals surface area contributed by atoms with E-state index >= 15 is 0 Å². The Labute approximate surface area is 165 Å². The monoisotopic (exact) mass is 380 g/mol. The number of aromatic nitrogens is 2. The number of rotatable bonds is 3. The van der Waals surface area contributed by atoms with E-state index in [1.54, 1.807) is 13.0 Å². The normalized spacial score (nSPS) is 17.5. The Hall–Kier alpha value is -2.63. The third-order valence-corrected chi connectivity index (χ3v) is 6.00. The molecule has 1 aliphatic carbocycles. The molecule has 4 rings (SSSR count). The number of piperazine rings is 1. The molecule has 0 spiro atoms. The van der Waals surface area contributed by atoms with Crippen LogP contribution >= 0.6 is 0 Å². The van der Waals surface area contributed by atoms with Gasteiger partial charge in [0.15, 0.2) is 0 Å². The van der Waals surface area contributed by atoms with Gasteiger partial charge in [0, 0.05) is 37.9 Å². The quantitative estimate of drug-likeness (QED) is 0.820. The molecule has 1 aromatic heterocycles. The van der Waals surface area contributed by atoms with E-state index in [9.17, 15) is 9.59 Å². The fourth-order valence-corrected chi connectivity index (χ4v) is 4.29.